The molecule has 0 saturated carbocycles. The van der Waals surface area contributed by atoms with Crippen molar-refractivity contribution in [1.29, 1.82) is 0 Å². The molecule has 1 amide bonds. The number of nitrogens with zero attached hydrogens (tertiary/aromatic N) is 3. The number of amides is 1. The Morgan fingerprint density at radius 2 is 1.79 bits per heavy atom. The van der Waals surface area contributed by atoms with E-state index in [9.17, 15) is 13.2 Å². The first-order chi connectivity index (χ1) is 18.2. The molecule has 0 spiro atoms. The zero-order valence-electron chi connectivity index (χ0n) is 20.0. The summed E-state index contributed by atoms with van der Waals surface area (Å²) in [6.07, 6.45) is 1.45. The Hall–Kier alpha value is -2.60. The Morgan fingerprint density at radius 3 is 2.50 bits per heavy atom. The molecule has 9 nitrogen and oxygen atoms in total. The van der Waals surface area contributed by atoms with Crippen molar-refractivity contribution in [3.63, 3.8) is 0 Å². The molecule has 2 aliphatic heterocycles. The van der Waals surface area contributed by atoms with Crippen LogP contribution in [-0.2, 0) is 14.8 Å². The van der Waals surface area contributed by atoms with Gasteiger partial charge in [-0.1, -0.05) is 46.9 Å². The van der Waals surface area contributed by atoms with Crippen LogP contribution in [0, 0.1) is 0 Å². The quantitative estimate of drug-likeness (QED) is 0.428. The van der Waals surface area contributed by atoms with Crippen LogP contribution in [0.5, 0.6) is 0 Å². The summed E-state index contributed by atoms with van der Waals surface area (Å²) < 4.78 is 34.4. The Bertz CT molecular complexity index is 1450. The Balaban J connectivity index is 1.49. The van der Waals surface area contributed by atoms with Gasteiger partial charge in [-0.3, -0.25) is 14.0 Å². The second-order valence-electron chi connectivity index (χ2n) is 8.89. The van der Waals surface area contributed by atoms with Gasteiger partial charge in [0.05, 0.1) is 63.9 Å². The van der Waals surface area contributed by atoms with Gasteiger partial charge in [-0.2, -0.15) is 0 Å². The molecule has 0 bridgehead atoms. The van der Waals surface area contributed by atoms with E-state index in [1.54, 1.807) is 36.4 Å². The summed E-state index contributed by atoms with van der Waals surface area (Å²) in [6, 6.07) is 12.2. The summed E-state index contributed by atoms with van der Waals surface area (Å²) in [6.45, 7) is 3.53. The van der Waals surface area contributed by atoms with Crippen LogP contribution in [0.2, 0.25) is 15.1 Å². The molecule has 3 heterocycles. The van der Waals surface area contributed by atoms with Gasteiger partial charge < -0.3 is 15.4 Å². The minimum Gasteiger partial charge on any atom is -0.379 e. The standard InChI is InChI=1S/C25H24Cl3N5O4S/c26-16-3-1-4-19(11-16)38(35,36)33-15-18(14-32-7-9-37-10-8-32)30-24-22(33)12-17(13-29-24)31-25(34)23-20(27)5-2-6-21(23)28/h1-6,11-13,18H,7-10,14-15H2,(H,29,30)(H,31,34)/t18-/m0/s1. The number of hydrogen-bond donors (Lipinski definition) is 2. The van der Waals surface area contributed by atoms with E-state index in [1.807, 2.05) is 0 Å². The van der Waals surface area contributed by atoms with E-state index >= 15 is 0 Å². The maximum atomic E-state index is 13.8. The molecule has 0 radical (unpaired) electrons. The van der Waals surface area contributed by atoms with Crippen molar-refractivity contribution in [2.45, 2.75) is 10.9 Å². The molecule has 38 heavy (non-hydrogen) atoms. The third-order valence-corrected chi connectivity index (χ3v) is 8.92. The average molecular weight is 597 g/mol. The Labute approximate surface area is 235 Å². The van der Waals surface area contributed by atoms with Gasteiger partial charge in [-0.05, 0) is 36.4 Å². The summed E-state index contributed by atoms with van der Waals surface area (Å²) in [7, 11) is -4.01. The number of anilines is 3. The number of aromatic nitrogens is 1. The van der Waals surface area contributed by atoms with E-state index in [0.717, 1.165) is 13.1 Å². The summed E-state index contributed by atoms with van der Waals surface area (Å²) in [5.74, 6) is -0.158. The Kier molecular flexibility index (Phi) is 7.99. The molecule has 13 heteroatoms. The molecule has 1 aromatic heterocycles. The van der Waals surface area contributed by atoms with E-state index < -0.39 is 15.9 Å². The highest BCUT2D eigenvalue weighted by molar-refractivity contribution is 7.92. The SMILES string of the molecule is O=C(Nc1cnc2c(c1)N(S(=O)(=O)c1cccc(Cl)c1)C[C@H](CN1CCOCC1)N2)c1c(Cl)cccc1Cl. The van der Waals surface area contributed by atoms with Crippen LogP contribution in [-0.4, -0.2) is 69.6 Å². The number of carbonyl (C=O) groups is 1. The van der Waals surface area contributed by atoms with Gasteiger partial charge >= 0.3 is 0 Å². The first kappa shape index (κ1) is 27.0. The van der Waals surface area contributed by atoms with Gasteiger partial charge in [0.1, 0.15) is 0 Å². The third-order valence-electron chi connectivity index (χ3n) is 6.28. The van der Waals surface area contributed by atoms with E-state index in [1.165, 1.54) is 22.6 Å². The van der Waals surface area contributed by atoms with Crippen molar-refractivity contribution >= 4 is 67.9 Å². The molecule has 2 aromatic carbocycles. The average Bonchev–Trinajstić information content (AvgIpc) is 2.89. The number of hydrogen-bond acceptors (Lipinski definition) is 7. The number of pyridine rings is 1. The summed E-state index contributed by atoms with van der Waals surface area (Å²) in [5.41, 5.74) is 0.691. The number of morpholine rings is 1. The molecule has 1 saturated heterocycles. The zero-order valence-corrected chi connectivity index (χ0v) is 23.1. The molecular weight excluding hydrogens is 573 g/mol. The number of nitrogens with one attached hydrogen (secondary N) is 2. The number of carbonyl (C=O) groups excluding carboxylic acids is 1. The molecule has 3 aromatic rings. The summed E-state index contributed by atoms with van der Waals surface area (Å²) in [4.78, 5) is 19.7. The Morgan fingerprint density at radius 1 is 1.08 bits per heavy atom. The number of fused-ring (bicyclic) bond motifs is 1. The number of ether oxygens (including phenoxy) is 1. The molecule has 1 fully saturated rings. The van der Waals surface area contributed by atoms with Crippen LogP contribution >= 0.6 is 34.8 Å². The molecule has 2 N–H and O–H groups in total. The van der Waals surface area contributed by atoms with Crippen molar-refractivity contribution in [3.05, 3.63) is 75.4 Å². The predicted octanol–water partition coefficient (Wildman–Crippen LogP) is 4.62. The maximum Gasteiger partial charge on any atom is 0.264 e. The van der Waals surface area contributed by atoms with Gasteiger partial charge in [0.15, 0.2) is 5.82 Å². The maximum absolute atomic E-state index is 13.8. The van der Waals surface area contributed by atoms with Crippen molar-refractivity contribution in [2.75, 3.05) is 54.3 Å². The lowest BCUT2D eigenvalue weighted by atomic mass is 10.1. The second-order valence-corrected chi connectivity index (χ2v) is 12.0. The van der Waals surface area contributed by atoms with Gasteiger partial charge in [-0.15, -0.1) is 0 Å². The van der Waals surface area contributed by atoms with Crippen LogP contribution < -0.4 is 14.9 Å². The van der Waals surface area contributed by atoms with Gasteiger partial charge in [0.2, 0.25) is 0 Å². The summed E-state index contributed by atoms with van der Waals surface area (Å²) >= 11 is 18.5. The predicted molar refractivity (Wildman–Crippen MR) is 149 cm³/mol. The largest absolute Gasteiger partial charge is 0.379 e. The van der Waals surface area contributed by atoms with Crippen LogP contribution in [0.1, 0.15) is 10.4 Å². The highest BCUT2D eigenvalue weighted by Gasteiger charge is 2.35. The highest BCUT2D eigenvalue weighted by Crippen LogP contribution is 2.36. The highest BCUT2D eigenvalue weighted by atomic mass is 35.5. The van der Waals surface area contributed by atoms with Crippen molar-refractivity contribution in [3.8, 4) is 0 Å². The van der Waals surface area contributed by atoms with E-state index in [-0.39, 0.29) is 38.8 Å². The number of halogens is 3. The van der Waals surface area contributed by atoms with Crippen molar-refractivity contribution < 1.29 is 17.9 Å². The number of benzene rings is 2. The summed E-state index contributed by atoms with van der Waals surface area (Å²) in [5, 5.41) is 6.78. The minimum atomic E-state index is -4.01. The fourth-order valence-corrected chi connectivity index (χ4v) is 6.83. The first-order valence-electron chi connectivity index (χ1n) is 11.8. The zero-order chi connectivity index (χ0) is 26.9. The topological polar surface area (TPSA) is 104 Å². The van der Waals surface area contributed by atoms with Gasteiger partial charge in [0.25, 0.3) is 15.9 Å². The molecule has 5 rings (SSSR count). The fraction of sp³-hybridized carbons (Fsp3) is 0.280. The molecule has 0 aliphatic carbocycles. The van der Waals surface area contributed by atoms with E-state index in [4.69, 9.17) is 39.5 Å². The minimum absolute atomic E-state index is 0.0558. The van der Waals surface area contributed by atoms with E-state index in [2.05, 4.69) is 20.5 Å². The van der Waals surface area contributed by atoms with E-state index in [0.29, 0.717) is 36.3 Å². The van der Waals surface area contributed by atoms with Crippen LogP contribution in [0.15, 0.2) is 59.6 Å². The van der Waals surface area contributed by atoms with Crippen LogP contribution in [0.25, 0.3) is 0 Å². The third kappa shape index (κ3) is 5.70. The lowest BCUT2D eigenvalue weighted by Crippen LogP contribution is -2.51. The first-order valence-corrected chi connectivity index (χ1v) is 14.4. The van der Waals surface area contributed by atoms with Gasteiger partial charge in [-0.25, -0.2) is 13.4 Å². The van der Waals surface area contributed by atoms with Crippen LogP contribution in [0.4, 0.5) is 17.2 Å². The molecule has 200 valence electrons. The normalized spacial score (nSPS) is 18.0. The molecule has 0 unspecified atom stereocenters. The lowest BCUT2D eigenvalue weighted by molar-refractivity contribution is 0.0364. The smallest absolute Gasteiger partial charge is 0.264 e. The molecular formula is C25H24Cl3N5O4S. The van der Waals surface area contributed by atoms with Crippen molar-refractivity contribution in [1.82, 2.24) is 9.88 Å². The van der Waals surface area contributed by atoms with Crippen LogP contribution in [0.3, 0.4) is 0 Å². The molecule has 2 aliphatic rings. The monoisotopic (exact) mass is 595 g/mol. The molecule has 1 atom stereocenters. The number of rotatable bonds is 6. The van der Waals surface area contributed by atoms with Crippen molar-refractivity contribution in [2.24, 2.45) is 0 Å². The van der Waals surface area contributed by atoms with Gasteiger partial charge in [0, 0.05) is 24.7 Å². The lowest BCUT2D eigenvalue weighted by Gasteiger charge is -2.38. The number of sulfonamides is 1. The second kappa shape index (κ2) is 11.3. The fourth-order valence-electron chi connectivity index (χ4n) is 4.45.